The van der Waals surface area contributed by atoms with E-state index in [1.807, 2.05) is 31.2 Å². The Bertz CT molecular complexity index is 700. The van der Waals surface area contributed by atoms with Crippen molar-refractivity contribution in [1.29, 1.82) is 0 Å². The van der Waals surface area contributed by atoms with E-state index >= 15 is 0 Å². The van der Waals surface area contributed by atoms with E-state index in [0.717, 1.165) is 23.4 Å². The fourth-order valence-electron chi connectivity index (χ4n) is 2.33. The van der Waals surface area contributed by atoms with Crippen LogP contribution >= 0.6 is 0 Å². The zero-order chi connectivity index (χ0) is 18.4. The molecule has 0 saturated heterocycles. The Hall–Kier alpha value is -2.47. The van der Waals surface area contributed by atoms with E-state index in [-0.39, 0.29) is 0 Å². The van der Waals surface area contributed by atoms with Crippen molar-refractivity contribution in [1.82, 2.24) is 4.90 Å². The van der Waals surface area contributed by atoms with Gasteiger partial charge in [0.15, 0.2) is 0 Å². The molecule has 4 nitrogen and oxygen atoms in total. The van der Waals surface area contributed by atoms with Gasteiger partial charge >= 0.3 is 0 Å². The van der Waals surface area contributed by atoms with Gasteiger partial charge in [-0.05, 0) is 50.7 Å². The average molecular weight is 348 g/mol. The number of carbonyl (C=O) groups excluding carboxylic acids is 1. The van der Waals surface area contributed by atoms with Crippen LogP contribution < -0.4 is 10.1 Å². The lowest BCUT2D eigenvalue weighted by Crippen LogP contribution is -2.39. The molecule has 134 valence electrons. The number of likely N-dealkylation sites (N-methyl/N-ethyl adjacent to an activating group) is 1. The van der Waals surface area contributed by atoms with Crippen molar-refractivity contribution >= 4 is 11.6 Å². The van der Waals surface area contributed by atoms with Crippen molar-refractivity contribution in [3.63, 3.8) is 0 Å². The van der Waals surface area contributed by atoms with Gasteiger partial charge < -0.3 is 10.1 Å². The van der Waals surface area contributed by atoms with Crippen LogP contribution in [-0.4, -0.2) is 30.5 Å². The van der Waals surface area contributed by atoms with Gasteiger partial charge in [-0.15, -0.1) is 0 Å². The summed E-state index contributed by atoms with van der Waals surface area (Å²) in [6.07, 6.45) is 0. The molecule has 0 aliphatic rings. The molecule has 0 aromatic heterocycles. The monoisotopic (exact) mass is 348 g/mol. The van der Waals surface area contributed by atoms with Gasteiger partial charge in [-0.1, -0.05) is 18.2 Å². The molecule has 1 amide bonds. The largest absolute Gasteiger partial charge is 0.494 e. The molecular formula is C19H22F2N2O2. The molecule has 0 aliphatic carbocycles. The number of anilines is 1. The normalized spacial score (nSPS) is 12.1. The molecule has 2 aromatic carbocycles. The molecule has 0 radical (unpaired) electrons. The molecule has 0 bridgehead atoms. The van der Waals surface area contributed by atoms with Crippen LogP contribution in [0.15, 0.2) is 42.5 Å². The van der Waals surface area contributed by atoms with Crippen molar-refractivity contribution in [2.24, 2.45) is 0 Å². The molecular weight excluding hydrogens is 326 g/mol. The SMILES string of the molecule is CCOc1ccc(CN(C)[C@H](C)C(=O)Nc2c(F)cccc2F)cc1. The number of benzene rings is 2. The first-order valence-corrected chi connectivity index (χ1v) is 8.09. The Morgan fingerprint density at radius 3 is 2.32 bits per heavy atom. The first-order chi connectivity index (χ1) is 11.9. The minimum Gasteiger partial charge on any atom is -0.494 e. The second-order valence-corrected chi connectivity index (χ2v) is 5.75. The van der Waals surface area contributed by atoms with E-state index in [1.54, 1.807) is 18.9 Å². The van der Waals surface area contributed by atoms with Crippen LogP contribution in [0.4, 0.5) is 14.5 Å². The fraction of sp³-hybridized carbons (Fsp3) is 0.316. The van der Waals surface area contributed by atoms with Gasteiger partial charge in [-0.2, -0.15) is 0 Å². The Morgan fingerprint density at radius 2 is 1.76 bits per heavy atom. The van der Waals surface area contributed by atoms with Gasteiger partial charge in [-0.3, -0.25) is 9.69 Å². The van der Waals surface area contributed by atoms with Crippen LogP contribution in [0.3, 0.4) is 0 Å². The number of hydrogen-bond donors (Lipinski definition) is 1. The third kappa shape index (κ3) is 5.00. The molecule has 25 heavy (non-hydrogen) atoms. The zero-order valence-corrected chi connectivity index (χ0v) is 14.6. The standard InChI is InChI=1S/C19H22F2N2O2/c1-4-25-15-10-8-14(9-11-15)12-23(3)13(2)19(24)22-18-16(20)6-5-7-17(18)21/h5-11,13H,4,12H2,1-3H3,(H,22,24)/t13-/m1/s1. The number of hydrogen-bond acceptors (Lipinski definition) is 3. The highest BCUT2D eigenvalue weighted by molar-refractivity contribution is 5.94. The fourth-order valence-corrected chi connectivity index (χ4v) is 2.33. The number of nitrogens with one attached hydrogen (secondary N) is 1. The molecule has 6 heteroatoms. The number of amides is 1. The highest BCUT2D eigenvalue weighted by atomic mass is 19.1. The third-order valence-electron chi connectivity index (χ3n) is 3.92. The minimum atomic E-state index is -0.797. The van der Waals surface area contributed by atoms with Crippen molar-refractivity contribution in [3.8, 4) is 5.75 Å². The van der Waals surface area contributed by atoms with Crippen molar-refractivity contribution < 1.29 is 18.3 Å². The summed E-state index contributed by atoms with van der Waals surface area (Å²) in [5.74, 6) is -1.28. The molecule has 1 atom stereocenters. The quantitative estimate of drug-likeness (QED) is 0.827. The average Bonchev–Trinajstić information content (AvgIpc) is 2.59. The number of carbonyl (C=O) groups is 1. The summed E-state index contributed by atoms with van der Waals surface area (Å²) in [7, 11) is 1.78. The summed E-state index contributed by atoms with van der Waals surface area (Å²) < 4.78 is 32.7. The van der Waals surface area contributed by atoms with Crippen LogP contribution in [0.25, 0.3) is 0 Å². The molecule has 0 unspecified atom stereocenters. The van der Waals surface area contributed by atoms with E-state index in [9.17, 15) is 13.6 Å². The third-order valence-corrected chi connectivity index (χ3v) is 3.92. The van der Waals surface area contributed by atoms with Crippen LogP contribution in [0.5, 0.6) is 5.75 Å². The van der Waals surface area contributed by atoms with Gasteiger partial charge in [0.05, 0.1) is 12.6 Å². The number of nitrogens with zero attached hydrogens (tertiary/aromatic N) is 1. The van der Waals surface area contributed by atoms with Gasteiger partial charge in [0.25, 0.3) is 0 Å². The van der Waals surface area contributed by atoms with E-state index in [4.69, 9.17) is 4.74 Å². The maximum Gasteiger partial charge on any atom is 0.241 e. The van der Waals surface area contributed by atoms with Gasteiger partial charge in [0, 0.05) is 6.54 Å². The molecule has 0 heterocycles. The van der Waals surface area contributed by atoms with Gasteiger partial charge in [0.2, 0.25) is 5.91 Å². The zero-order valence-electron chi connectivity index (χ0n) is 14.6. The van der Waals surface area contributed by atoms with E-state index in [0.29, 0.717) is 13.2 Å². The van der Waals surface area contributed by atoms with Crippen molar-refractivity contribution in [2.45, 2.75) is 26.4 Å². The second kappa shape index (κ2) is 8.58. The molecule has 1 N–H and O–H groups in total. The smallest absolute Gasteiger partial charge is 0.241 e. The summed E-state index contributed by atoms with van der Waals surface area (Å²) in [5.41, 5.74) is 0.580. The highest BCUT2D eigenvalue weighted by Crippen LogP contribution is 2.19. The maximum atomic E-state index is 13.6. The molecule has 0 spiro atoms. The number of para-hydroxylation sites is 1. The first kappa shape index (κ1) is 18.9. The molecule has 0 aliphatic heterocycles. The number of rotatable bonds is 7. The summed E-state index contributed by atoms with van der Waals surface area (Å²) in [4.78, 5) is 14.1. The molecule has 0 saturated carbocycles. The Labute approximate surface area is 146 Å². The maximum absolute atomic E-state index is 13.6. The molecule has 2 aromatic rings. The van der Waals surface area contributed by atoms with E-state index in [2.05, 4.69) is 5.32 Å². The highest BCUT2D eigenvalue weighted by Gasteiger charge is 2.21. The Morgan fingerprint density at radius 1 is 1.16 bits per heavy atom. The summed E-state index contributed by atoms with van der Waals surface area (Å²) in [6, 6.07) is 10.5. The predicted molar refractivity (Wildman–Crippen MR) is 93.5 cm³/mol. The second-order valence-electron chi connectivity index (χ2n) is 5.75. The lowest BCUT2D eigenvalue weighted by atomic mass is 10.1. The minimum absolute atomic E-state index is 0.422. The topological polar surface area (TPSA) is 41.6 Å². The Kier molecular flexibility index (Phi) is 6.47. The summed E-state index contributed by atoms with van der Waals surface area (Å²) in [5, 5.41) is 2.32. The van der Waals surface area contributed by atoms with Crippen LogP contribution in [-0.2, 0) is 11.3 Å². The Balaban J connectivity index is 1.98. The molecule has 0 fully saturated rings. The van der Waals surface area contributed by atoms with Crippen molar-refractivity contribution in [3.05, 3.63) is 59.7 Å². The van der Waals surface area contributed by atoms with Gasteiger partial charge in [0.1, 0.15) is 23.1 Å². The lowest BCUT2D eigenvalue weighted by molar-refractivity contribution is -0.120. The lowest BCUT2D eigenvalue weighted by Gasteiger charge is -2.24. The van der Waals surface area contributed by atoms with Crippen LogP contribution in [0.2, 0.25) is 0 Å². The summed E-state index contributed by atoms with van der Waals surface area (Å²) >= 11 is 0. The van der Waals surface area contributed by atoms with Gasteiger partial charge in [-0.25, -0.2) is 8.78 Å². The van der Waals surface area contributed by atoms with E-state index in [1.165, 1.54) is 6.07 Å². The number of ether oxygens (including phenoxy) is 1. The van der Waals surface area contributed by atoms with Crippen LogP contribution in [0.1, 0.15) is 19.4 Å². The van der Waals surface area contributed by atoms with Crippen molar-refractivity contribution in [2.75, 3.05) is 19.0 Å². The first-order valence-electron chi connectivity index (χ1n) is 8.09. The van der Waals surface area contributed by atoms with E-state index < -0.39 is 29.3 Å². The van der Waals surface area contributed by atoms with Crippen LogP contribution in [0, 0.1) is 11.6 Å². The summed E-state index contributed by atoms with van der Waals surface area (Å²) in [6.45, 7) is 4.72. The molecule has 2 rings (SSSR count). The predicted octanol–water partition coefficient (Wildman–Crippen LogP) is 3.82. The number of halogens is 2.